The van der Waals surface area contributed by atoms with Gasteiger partial charge < -0.3 is 4.74 Å². The molecule has 0 spiro atoms. The Labute approximate surface area is 120 Å². The largest absolute Gasteiger partial charge is 0.384 e. The quantitative estimate of drug-likeness (QED) is 0.792. The maximum Gasteiger partial charge on any atom is 0.100 e. The summed E-state index contributed by atoms with van der Waals surface area (Å²) in [7, 11) is 1.80. The molecule has 2 heterocycles. The third kappa shape index (κ3) is 2.61. The van der Waals surface area contributed by atoms with Crippen molar-refractivity contribution in [3.8, 4) is 0 Å². The number of hydrogen-bond acceptors (Lipinski definition) is 4. The van der Waals surface area contributed by atoms with Crippen molar-refractivity contribution in [3.05, 3.63) is 11.4 Å². The van der Waals surface area contributed by atoms with Gasteiger partial charge in [-0.1, -0.05) is 5.21 Å². The van der Waals surface area contributed by atoms with Crippen LogP contribution in [-0.4, -0.2) is 46.7 Å². The van der Waals surface area contributed by atoms with Gasteiger partial charge in [-0.05, 0) is 37.5 Å². The van der Waals surface area contributed by atoms with Gasteiger partial charge in [-0.2, -0.15) is 0 Å². The summed E-state index contributed by atoms with van der Waals surface area (Å²) in [6, 6.07) is 0. The molecule has 1 aromatic rings. The van der Waals surface area contributed by atoms with Crippen LogP contribution in [-0.2, 0) is 17.8 Å². The first-order chi connectivity index (χ1) is 9.83. The first-order valence-corrected chi connectivity index (χ1v) is 7.97. The fraction of sp³-hybridized carbons (Fsp3) is 0.867. The highest BCUT2D eigenvalue weighted by Gasteiger charge is 2.34. The Bertz CT molecular complexity index is 478. The molecule has 5 nitrogen and oxygen atoms in total. The summed E-state index contributed by atoms with van der Waals surface area (Å²) in [5.41, 5.74) is 2.55. The van der Waals surface area contributed by atoms with Crippen LogP contribution in [0.1, 0.15) is 43.0 Å². The van der Waals surface area contributed by atoms with E-state index in [0.29, 0.717) is 5.92 Å². The number of aromatic nitrogens is 3. The standard InChI is InChI=1S/C15H24N4O/c1-20-10-13-8-18(6-11-2-3-11)9-14-15(13)19(17-16-14)7-12-4-5-12/h11-13H,2-10H2,1H3. The average Bonchev–Trinajstić information content (AvgIpc) is 3.32. The summed E-state index contributed by atoms with van der Waals surface area (Å²) >= 11 is 0. The van der Waals surface area contributed by atoms with E-state index < -0.39 is 0 Å². The summed E-state index contributed by atoms with van der Waals surface area (Å²) in [6.45, 7) is 5.17. The van der Waals surface area contributed by atoms with Crippen LogP contribution in [0.15, 0.2) is 0 Å². The Morgan fingerprint density at radius 2 is 1.90 bits per heavy atom. The van der Waals surface area contributed by atoms with Crippen molar-refractivity contribution in [2.75, 3.05) is 26.8 Å². The molecule has 0 radical (unpaired) electrons. The Morgan fingerprint density at radius 3 is 2.60 bits per heavy atom. The first-order valence-electron chi connectivity index (χ1n) is 7.97. The highest BCUT2D eigenvalue weighted by atomic mass is 16.5. The van der Waals surface area contributed by atoms with Gasteiger partial charge >= 0.3 is 0 Å². The van der Waals surface area contributed by atoms with E-state index in [1.54, 1.807) is 7.11 Å². The summed E-state index contributed by atoms with van der Waals surface area (Å²) in [6.07, 6.45) is 5.54. The van der Waals surface area contributed by atoms with Crippen LogP contribution in [0.5, 0.6) is 0 Å². The van der Waals surface area contributed by atoms with Crippen LogP contribution < -0.4 is 0 Å². The van der Waals surface area contributed by atoms with Crippen LogP contribution in [0.2, 0.25) is 0 Å². The molecule has 0 aromatic carbocycles. The van der Waals surface area contributed by atoms with Gasteiger partial charge in [0.05, 0.1) is 12.3 Å². The summed E-state index contributed by atoms with van der Waals surface area (Å²) < 4.78 is 7.63. The third-order valence-corrected chi connectivity index (χ3v) is 4.80. The normalized spacial score (nSPS) is 26.8. The van der Waals surface area contributed by atoms with Crippen molar-refractivity contribution in [3.63, 3.8) is 0 Å². The molecule has 1 aromatic heterocycles. The summed E-state index contributed by atoms with van der Waals surface area (Å²) in [5, 5.41) is 8.89. The molecule has 0 N–H and O–H groups in total. The van der Waals surface area contributed by atoms with Gasteiger partial charge in [0.25, 0.3) is 0 Å². The number of methoxy groups -OCH3 is 1. The lowest BCUT2D eigenvalue weighted by molar-refractivity contribution is 0.132. The Balaban J connectivity index is 1.55. The smallest absolute Gasteiger partial charge is 0.100 e. The highest BCUT2D eigenvalue weighted by Crippen LogP contribution is 2.35. The van der Waals surface area contributed by atoms with Crippen LogP contribution in [0.4, 0.5) is 0 Å². The van der Waals surface area contributed by atoms with Crippen molar-refractivity contribution in [1.82, 2.24) is 19.9 Å². The molecule has 0 amide bonds. The topological polar surface area (TPSA) is 43.2 Å². The second kappa shape index (κ2) is 5.11. The van der Waals surface area contributed by atoms with Crippen molar-refractivity contribution < 1.29 is 4.74 Å². The van der Waals surface area contributed by atoms with Gasteiger partial charge in [0.15, 0.2) is 0 Å². The van der Waals surface area contributed by atoms with Crippen molar-refractivity contribution in [2.45, 2.75) is 44.7 Å². The molecule has 20 heavy (non-hydrogen) atoms. The third-order valence-electron chi connectivity index (χ3n) is 4.80. The molecular formula is C15H24N4O. The molecule has 1 unspecified atom stereocenters. The fourth-order valence-electron chi connectivity index (χ4n) is 3.41. The lowest BCUT2D eigenvalue weighted by atomic mass is 9.98. The molecule has 0 saturated heterocycles. The van der Waals surface area contributed by atoms with Crippen LogP contribution in [0, 0.1) is 11.8 Å². The maximum atomic E-state index is 5.46. The molecule has 2 aliphatic carbocycles. The van der Waals surface area contributed by atoms with Crippen molar-refractivity contribution in [2.24, 2.45) is 11.8 Å². The number of ether oxygens (including phenoxy) is 1. The van der Waals surface area contributed by atoms with E-state index >= 15 is 0 Å². The Kier molecular flexibility index (Phi) is 3.27. The Morgan fingerprint density at radius 1 is 1.15 bits per heavy atom. The van der Waals surface area contributed by atoms with Crippen molar-refractivity contribution in [1.29, 1.82) is 0 Å². The van der Waals surface area contributed by atoms with Gasteiger partial charge in [-0.25, -0.2) is 4.68 Å². The van der Waals surface area contributed by atoms with Gasteiger partial charge in [-0.15, -0.1) is 5.10 Å². The maximum absolute atomic E-state index is 5.46. The molecule has 2 saturated carbocycles. The van der Waals surface area contributed by atoms with E-state index in [0.717, 1.165) is 38.1 Å². The van der Waals surface area contributed by atoms with E-state index in [9.17, 15) is 0 Å². The lowest BCUT2D eigenvalue weighted by Crippen LogP contribution is -2.37. The van der Waals surface area contributed by atoms with Gasteiger partial charge in [0.2, 0.25) is 0 Å². The average molecular weight is 276 g/mol. The first kappa shape index (κ1) is 12.8. The second-order valence-corrected chi connectivity index (χ2v) is 6.84. The van der Waals surface area contributed by atoms with Crippen LogP contribution in [0.25, 0.3) is 0 Å². The van der Waals surface area contributed by atoms with Crippen molar-refractivity contribution >= 4 is 0 Å². The van der Waals surface area contributed by atoms with E-state index in [-0.39, 0.29) is 0 Å². The SMILES string of the molecule is COCC1CN(CC2CC2)Cc2nnn(CC3CC3)c21. The number of fused-ring (bicyclic) bond motifs is 1. The van der Waals surface area contributed by atoms with E-state index in [1.165, 1.54) is 43.6 Å². The molecule has 1 aliphatic heterocycles. The molecule has 2 fully saturated rings. The zero-order valence-corrected chi connectivity index (χ0v) is 12.3. The summed E-state index contributed by atoms with van der Waals surface area (Å²) in [4.78, 5) is 2.56. The van der Waals surface area contributed by atoms with Crippen LogP contribution in [0.3, 0.4) is 0 Å². The fourth-order valence-corrected chi connectivity index (χ4v) is 3.41. The number of rotatable bonds is 6. The van der Waals surface area contributed by atoms with Gasteiger partial charge in [0.1, 0.15) is 5.69 Å². The minimum Gasteiger partial charge on any atom is -0.384 e. The molecule has 0 bridgehead atoms. The van der Waals surface area contributed by atoms with Gasteiger partial charge in [0, 0.05) is 39.2 Å². The monoisotopic (exact) mass is 276 g/mol. The minimum absolute atomic E-state index is 0.441. The number of nitrogens with zero attached hydrogens (tertiary/aromatic N) is 4. The molecule has 5 heteroatoms. The van der Waals surface area contributed by atoms with Gasteiger partial charge in [-0.3, -0.25) is 4.90 Å². The minimum atomic E-state index is 0.441. The molecule has 4 rings (SSSR count). The molecule has 1 atom stereocenters. The zero-order chi connectivity index (χ0) is 13.5. The van der Waals surface area contributed by atoms with E-state index in [4.69, 9.17) is 4.74 Å². The molecule has 3 aliphatic rings. The number of hydrogen-bond donors (Lipinski definition) is 0. The Hall–Kier alpha value is -0.940. The highest BCUT2D eigenvalue weighted by molar-refractivity contribution is 5.20. The predicted octanol–water partition coefficient (Wildman–Crippen LogP) is 1.64. The lowest BCUT2D eigenvalue weighted by Gasteiger charge is -2.32. The van der Waals surface area contributed by atoms with E-state index in [1.807, 2.05) is 0 Å². The zero-order valence-electron chi connectivity index (χ0n) is 12.3. The second-order valence-electron chi connectivity index (χ2n) is 6.84. The van der Waals surface area contributed by atoms with E-state index in [2.05, 4.69) is 19.9 Å². The molecular weight excluding hydrogens is 252 g/mol. The predicted molar refractivity (Wildman–Crippen MR) is 75.4 cm³/mol. The molecule has 110 valence electrons. The van der Waals surface area contributed by atoms with Crippen LogP contribution >= 0.6 is 0 Å². The summed E-state index contributed by atoms with van der Waals surface area (Å²) in [5.74, 6) is 2.21.